The van der Waals surface area contributed by atoms with Crippen molar-refractivity contribution in [2.75, 3.05) is 6.61 Å². The maximum absolute atomic E-state index is 11.7. The Morgan fingerprint density at radius 3 is 2.89 bits per heavy atom. The van der Waals surface area contributed by atoms with Gasteiger partial charge in [0.2, 0.25) is 0 Å². The molecule has 1 fully saturated rings. The monoisotopic (exact) mass is 265 g/mol. The first-order chi connectivity index (χ1) is 8.90. The number of aromatic hydroxyl groups is 1. The third kappa shape index (κ3) is 2.78. The minimum absolute atomic E-state index is 0.0525. The molecule has 0 aromatic heterocycles. The van der Waals surface area contributed by atoms with E-state index < -0.39 is 17.6 Å². The van der Waals surface area contributed by atoms with Crippen LogP contribution in [0.3, 0.4) is 0 Å². The summed E-state index contributed by atoms with van der Waals surface area (Å²) in [7, 11) is 0. The predicted molar refractivity (Wildman–Crippen MR) is 65.7 cm³/mol. The molecule has 1 aliphatic heterocycles. The Labute approximate surface area is 110 Å². The van der Waals surface area contributed by atoms with Gasteiger partial charge in [-0.3, -0.25) is 9.69 Å². The standard InChI is InChI=1S/C13H15NO5/c1-13(6-11(16)17)8-19-12(18)14(13)7-9-3-2-4-10(15)5-9/h2-5,15H,6-8H2,1H3,(H,16,17). The molecule has 1 aliphatic rings. The molecule has 6 nitrogen and oxygen atoms in total. The van der Waals surface area contributed by atoms with E-state index in [-0.39, 0.29) is 25.3 Å². The fourth-order valence-corrected chi connectivity index (χ4v) is 2.16. The second-order valence-corrected chi connectivity index (χ2v) is 4.88. The smallest absolute Gasteiger partial charge is 0.410 e. The van der Waals surface area contributed by atoms with Gasteiger partial charge in [0.25, 0.3) is 0 Å². The number of rotatable bonds is 4. The van der Waals surface area contributed by atoms with Gasteiger partial charge in [-0.05, 0) is 24.6 Å². The first kappa shape index (κ1) is 13.2. The molecule has 2 N–H and O–H groups in total. The Bertz CT molecular complexity index is 516. The van der Waals surface area contributed by atoms with E-state index in [9.17, 15) is 14.7 Å². The minimum atomic E-state index is -0.985. The van der Waals surface area contributed by atoms with Crippen LogP contribution in [0.5, 0.6) is 5.75 Å². The molecule has 0 radical (unpaired) electrons. The molecule has 0 bridgehead atoms. The summed E-state index contributed by atoms with van der Waals surface area (Å²) < 4.78 is 4.95. The molecule has 1 saturated heterocycles. The van der Waals surface area contributed by atoms with Gasteiger partial charge < -0.3 is 14.9 Å². The van der Waals surface area contributed by atoms with Crippen molar-refractivity contribution >= 4 is 12.1 Å². The molecule has 1 unspecified atom stereocenters. The Morgan fingerprint density at radius 2 is 2.26 bits per heavy atom. The number of phenolic OH excluding ortho intramolecular Hbond substituents is 1. The molecule has 1 heterocycles. The van der Waals surface area contributed by atoms with E-state index in [0.717, 1.165) is 5.56 Å². The van der Waals surface area contributed by atoms with Crippen LogP contribution in [-0.2, 0) is 16.1 Å². The van der Waals surface area contributed by atoms with Crippen molar-refractivity contribution in [2.45, 2.75) is 25.4 Å². The molecule has 1 atom stereocenters. The van der Waals surface area contributed by atoms with Gasteiger partial charge in [0.15, 0.2) is 0 Å². The molecule has 0 spiro atoms. The molecule has 6 heteroatoms. The Kier molecular flexibility index (Phi) is 3.33. The van der Waals surface area contributed by atoms with Gasteiger partial charge in [-0.15, -0.1) is 0 Å². The highest BCUT2D eigenvalue weighted by atomic mass is 16.6. The number of aliphatic carboxylic acids is 1. The number of nitrogens with zero attached hydrogens (tertiary/aromatic N) is 1. The average molecular weight is 265 g/mol. The summed E-state index contributed by atoms with van der Waals surface area (Å²) in [5.74, 6) is -0.883. The number of benzene rings is 1. The number of phenols is 1. The third-order valence-electron chi connectivity index (χ3n) is 3.16. The first-order valence-electron chi connectivity index (χ1n) is 5.85. The van der Waals surface area contributed by atoms with Crippen LogP contribution in [0.25, 0.3) is 0 Å². The molecule has 1 amide bonds. The van der Waals surface area contributed by atoms with Gasteiger partial charge >= 0.3 is 12.1 Å². The van der Waals surface area contributed by atoms with Gasteiger partial charge in [0.1, 0.15) is 12.4 Å². The summed E-state index contributed by atoms with van der Waals surface area (Å²) in [6.07, 6.45) is -0.718. The lowest BCUT2D eigenvalue weighted by Gasteiger charge is -2.30. The van der Waals surface area contributed by atoms with E-state index >= 15 is 0 Å². The van der Waals surface area contributed by atoms with E-state index in [0.29, 0.717) is 0 Å². The van der Waals surface area contributed by atoms with Crippen molar-refractivity contribution in [3.8, 4) is 5.75 Å². The number of carboxylic acids is 1. The van der Waals surface area contributed by atoms with Gasteiger partial charge in [0, 0.05) is 6.54 Å². The third-order valence-corrected chi connectivity index (χ3v) is 3.16. The van der Waals surface area contributed by atoms with Crippen molar-refractivity contribution in [1.82, 2.24) is 4.90 Å². The predicted octanol–water partition coefficient (Wildman–Crippen LogP) is 1.58. The van der Waals surface area contributed by atoms with Gasteiger partial charge in [-0.1, -0.05) is 12.1 Å². The van der Waals surface area contributed by atoms with E-state index in [1.165, 1.54) is 17.0 Å². The number of hydrogen-bond donors (Lipinski definition) is 2. The zero-order chi connectivity index (χ0) is 14.0. The van der Waals surface area contributed by atoms with Crippen LogP contribution < -0.4 is 0 Å². The maximum atomic E-state index is 11.7. The number of amides is 1. The molecule has 1 aromatic rings. The van der Waals surface area contributed by atoms with E-state index in [1.807, 2.05) is 0 Å². The normalized spacial score (nSPS) is 22.4. The van der Waals surface area contributed by atoms with Gasteiger partial charge in [-0.2, -0.15) is 0 Å². The number of carbonyl (C=O) groups excluding carboxylic acids is 1. The second-order valence-electron chi connectivity index (χ2n) is 4.88. The van der Waals surface area contributed by atoms with Crippen LogP contribution in [0.2, 0.25) is 0 Å². The van der Waals surface area contributed by atoms with Crippen LogP contribution in [0.4, 0.5) is 4.79 Å². The summed E-state index contributed by atoms with van der Waals surface area (Å²) in [5, 5.41) is 18.3. The van der Waals surface area contributed by atoms with Crippen molar-refractivity contribution < 1.29 is 24.5 Å². The first-order valence-corrected chi connectivity index (χ1v) is 5.85. The molecule has 1 aromatic carbocycles. The molecule has 0 aliphatic carbocycles. The SMILES string of the molecule is CC1(CC(=O)O)COC(=O)N1Cc1cccc(O)c1. The summed E-state index contributed by atoms with van der Waals surface area (Å²) in [5.41, 5.74) is -0.149. The number of carbonyl (C=O) groups is 2. The van der Waals surface area contributed by atoms with Gasteiger partial charge in [-0.25, -0.2) is 4.79 Å². The highest BCUT2D eigenvalue weighted by molar-refractivity contribution is 5.75. The Balaban J connectivity index is 2.20. The number of carboxylic acid groups (broad SMARTS) is 1. The number of hydrogen-bond acceptors (Lipinski definition) is 4. The lowest BCUT2D eigenvalue weighted by molar-refractivity contribution is -0.139. The van der Waals surface area contributed by atoms with E-state index in [1.54, 1.807) is 19.1 Å². The van der Waals surface area contributed by atoms with Crippen molar-refractivity contribution in [3.05, 3.63) is 29.8 Å². The topological polar surface area (TPSA) is 87.1 Å². The maximum Gasteiger partial charge on any atom is 0.410 e. The van der Waals surface area contributed by atoms with Crippen molar-refractivity contribution in [3.63, 3.8) is 0 Å². The van der Waals surface area contributed by atoms with Crippen LogP contribution in [0.15, 0.2) is 24.3 Å². The zero-order valence-corrected chi connectivity index (χ0v) is 10.5. The molecular weight excluding hydrogens is 250 g/mol. The molecule has 19 heavy (non-hydrogen) atoms. The van der Waals surface area contributed by atoms with E-state index in [2.05, 4.69) is 0 Å². The summed E-state index contributed by atoms with van der Waals surface area (Å²) in [6.45, 7) is 1.93. The van der Waals surface area contributed by atoms with Crippen LogP contribution >= 0.6 is 0 Å². The number of cyclic esters (lactones) is 1. The molecule has 102 valence electrons. The minimum Gasteiger partial charge on any atom is -0.508 e. The summed E-state index contributed by atoms with van der Waals surface area (Å²) in [6, 6.07) is 6.49. The zero-order valence-electron chi connectivity index (χ0n) is 10.5. The van der Waals surface area contributed by atoms with Crippen molar-refractivity contribution in [2.24, 2.45) is 0 Å². The van der Waals surface area contributed by atoms with Gasteiger partial charge in [0.05, 0.1) is 12.0 Å². The van der Waals surface area contributed by atoms with Crippen LogP contribution in [0, 0.1) is 0 Å². The fraction of sp³-hybridized carbons (Fsp3) is 0.385. The molecule has 0 saturated carbocycles. The summed E-state index contributed by atoms with van der Waals surface area (Å²) in [4.78, 5) is 24.0. The lowest BCUT2D eigenvalue weighted by Crippen LogP contribution is -2.45. The highest BCUT2D eigenvalue weighted by Crippen LogP contribution is 2.29. The fourth-order valence-electron chi connectivity index (χ4n) is 2.16. The Hall–Kier alpha value is -2.24. The second kappa shape index (κ2) is 4.79. The molecular formula is C13H15NO5. The van der Waals surface area contributed by atoms with Crippen LogP contribution in [-0.4, -0.2) is 39.3 Å². The summed E-state index contributed by atoms with van der Waals surface area (Å²) >= 11 is 0. The quantitative estimate of drug-likeness (QED) is 0.863. The number of ether oxygens (including phenoxy) is 1. The lowest BCUT2D eigenvalue weighted by atomic mass is 9.97. The average Bonchev–Trinajstić information content (AvgIpc) is 2.56. The van der Waals surface area contributed by atoms with Crippen LogP contribution in [0.1, 0.15) is 18.9 Å². The van der Waals surface area contributed by atoms with Crippen molar-refractivity contribution in [1.29, 1.82) is 0 Å². The van der Waals surface area contributed by atoms with E-state index in [4.69, 9.17) is 9.84 Å². The molecule has 2 rings (SSSR count). The largest absolute Gasteiger partial charge is 0.508 e. The highest BCUT2D eigenvalue weighted by Gasteiger charge is 2.45. The Morgan fingerprint density at radius 1 is 1.53 bits per heavy atom.